The molecule has 2 aromatic heterocycles. The first kappa shape index (κ1) is 16.1. The Kier molecular flexibility index (Phi) is 4.98. The van der Waals surface area contributed by atoms with Gasteiger partial charge in [-0.05, 0) is 35.8 Å². The standard InChI is InChI=1S/C11H13BrN2O3S3/c1-6-5-18-11(13-6)7(2)14-20(16,17)9-3-8(4-15)19-10(9)12/h3,5,7,14-15H,4H2,1-2H3. The number of thiophene rings is 1. The number of aliphatic hydroxyl groups is 1. The highest BCUT2D eigenvalue weighted by atomic mass is 79.9. The quantitative estimate of drug-likeness (QED) is 0.813. The summed E-state index contributed by atoms with van der Waals surface area (Å²) in [5, 5.41) is 11.7. The largest absolute Gasteiger partial charge is 0.391 e. The van der Waals surface area contributed by atoms with Gasteiger partial charge in [-0.25, -0.2) is 18.1 Å². The number of nitrogens with one attached hydrogen (secondary N) is 1. The van der Waals surface area contributed by atoms with Crippen LogP contribution < -0.4 is 4.72 Å². The number of aliphatic hydroxyl groups excluding tert-OH is 1. The van der Waals surface area contributed by atoms with E-state index in [1.807, 2.05) is 12.3 Å². The zero-order valence-corrected chi connectivity index (χ0v) is 14.8. The van der Waals surface area contributed by atoms with E-state index in [4.69, 9.17) is 5.11 Å². The average Bonchev–Trinajstić information content (AvgIpc) is 2.95. The van der Waals surface area contributed by atoms with Crippen molar-refractivity contribution in [2.75, 3.05) is 0 Å². The molecule has 2 N–H and O–H groups in total. The molecule has 2 heterocycles. The van der Waals surface area contributed by atoms with E-state index in [2.05, 4.69) is 25.6 Å². The highest BCUT2D eigenvalue weighted by molar-refractivity contribution is 9.11. The predicted molar refractivity (Wildman–Crippen MR) is 83.5 cm³/mol. The van der Waals surface area contributed by atoms with Crippen molar-refractivity contribution in [2.45, 2.75) is 31.4 Å². The molecule has 0 aliphatic heterocycles. The van der Waals surface area contributed by atoms with Gasteiger partial charge in [0.15, 0.2) is 0 Å². The number of aryl methyl sites for hydroxylation is 1. The summed E-state index contributed by atoms with van der Waals surface area (Å²) in [6.45, 7) is 3.44. The number of rotatable bonds is 5. The van der Waals surface area contributed by atoms with Gasteiger partial charge in [-0.2, -0.15) is 0 Å². The highest BCUT2D eigenvalue weighted by Gasteiger charge is 2.24. The fourth-order valence-electron chi connectivity index (χ4n) is 1.58. The molecule has 2 rings (SSSR count). The van der Waals surface area contributed by atoms with Gasteiger partial charge in [0.25, 0.3) is 0 Å². The molecule has 110 valence electrons. The average molecular weight is 397 g/mol. The fraction of sp³-hybridized carbons (Fsp3) is 0.364. The van der Waals surface area contributed by atoms with Crippen LogP contribution in [0.15, 0.2) is 20.1 Å². The second kappa shape index (κ2) is 6.20. The van der Waals surface area contributed by atoms with Crippen LogP contribution in [0.1, 0.15) is 28.5 Å². The Morgan fingerprint density at radius 3 is 2.75 bits per heavy atom. The Hall–Kier alpha value is -0.320. The monoisotopic (exact) mass is 396 g/mol. The van der Waals surface area contributed by atoms with Crippen LogP contribution in [0.3, 0.4) is 0 Å². The van der Waals surface area contributed by atoms with E-state index in [1.54, 1.807) is 6.92 Å². The van der Waals surface area contributed by atoms with Crippen LogP contribution in [0.25, 0.3) is 0 Å². The number of thiazole rings is 1. The summed E-state index contributed by atoms with van der Waals surface area (Å²) >= 11 is 5.84. The molecule has 1 atom stereocenters. The molecule has 0 saturated carbocycles. The van der Waals surface area contributed by atoms with Gasteiger partial charge in [0, 0.05) is 16.0 Å². The van der Waals surface area contributed by atoms with E-state index in [0.29, 0.717) is 8.66 Å². The molecule has 0 aliphatic rings. The van der Waals surface area contributed by atoms with Crippen LogP contribution >= 0.6 is 38.6 Å². The molecule has 2 aromatic rings. The van der Waals surface area contributed by atoms with Crippen molar-refractivity contribution in [2.24, 2.45) is 0 Å². The maximum Gasteiger partial charge on any atom is 0.243 e. The predicted octanol–water partition coefficient (Wildman–Crippen LogP) is 2.81. The molecular formula is C11H13BrN2O3S3. The summed E-state index contributed by atoms with van der Waals surface area (Å²) in [5.74, 6) is 0. The van der Waals surface area contributed by atoms with E-state index in [9.17, 15) is 8.42 Å². The summed E-state index contributed by atoms with van der Waals surface area (Å²) in [6, 6.07) is 1.07. The molecule has 0 saturated heterocycles. The van der Waals surface area contributed by atoms with Gasteiger partial charge < -0.3 is 5.11 Å². The molecule has 0 aromatic carbocycles. The zero-order chi connectivity index (χ0) is 14.9. The lowest BCUT2D eigenvalue weighted by Crippen LogP contribution is -2.26. The summed E-state index contributed by atoms with van der Waals surface area (Å²) in [4.78, 5) is 5.01. The van der Waals surface area contributed by atoms with Crippen molar-refractivity contribution in [1.29, 1.82) is 0 Å². The van der Waals surface area contributed by atoms with Crippen LogP contribution in [0, 0.1) is 6.92 Å². The number of hydrogen-bond acceptors (Lipinski definition) is 6. The number of hydrogen-bond donors (Lipinski definition) is 2. The topological polar surface area (TPSA) is 79.3 Å². The lowest BCUT2D eigenvalue weighted by Gasteiger charge is -2.11. The van der Waals surface area contributed by atoms with Crippen molar-refractivity contribution in [3.63, 3.8) is 0 Å². The van der Waals surface area contributed by atoms with E-state index in [-0.39, 0.29) is 11.5 Å². The van der Waals surface area contributed by atoms with E-state index in [0.717, 1.165) is 10.7 Å². The first-order valence-electron chi connectivity index (χ1n) is 5.67. The number of halogens is 1. The van der Waals surface area contributed by atoms with Gasteiger partial charge in [-0.1, -0.05) is 0 Å². The number of sulfonamides is 1. The fourth-order valence-corrected chi connectivity index (χ4v) is 6.20. The van der Waals surface area contributed by atoms with Crippen LogP contribution in [0.5, 0.6) is 0 Å². The third-order valence-electron chi connectivity index (χ3n) is 2.49. The third-order valence-corrected chi connectivity index (χ3v) is 7.41. The Bertz CT molecular complexity index is 708. The Labute approximate surface area is 133 Å². The molecule has 0 amide bonds. The summed E-state index contributed by atoms with van der Waals surface area (Å²) in [7, 11) is -3.65. The molecule has 20 heavy (non-hydrogen) atoms. The van der Waals surface area contributed by atoms with Gasteiger partial charge in [0.1, 0.15) is 9.90 Å². The van der Waals surface area contributed by atoms with Crippen molar-refractivity contribution in [1.82, 2.24) is 9.71 Å². The highest BCUT2D eigenvalue weighted by Crippen LogP contribution is 2.32. The van der Waals surface area contributed by atoms with Crippen molar-refractivity contribution < 1.29 is 13.5 Å². The Morgan fingerprint density at radius 2 is 2.25 bits per heavy atom. The van der Waals surface area contributed by atoms with Crippen LogP contribution in [-0.4, -0.2) is 18.5 Å². The maximum atomic E-state index is 12.3. The first-order chi connectivity index (χ1) is 9.33. The summed E-state index contributed by atoms with van der Waals surface area (Å²) < 4.78 is 27.7. The number of nitrogens with zero attached hydrogens (tertiary/aromatic N) is 1. The molecule has 9 heteroatoms. The molecule has 0 spiro atoms. The molecular weight excluding hydrogens is 384 g/mol. The minimum absolute atomic E-state index is 0.145. The van der Waals surface area contributed by atoms with Gasteiger partial charge >= 0.3 is 0 Å². The molecule has 0 radical (unpaired) electrons. The first-order valence-corrected chi connectivity index (χ1v) is 9.64. The van der Waals surface area contributed by atoms with Crippen molar-refractivity contribution >= 4 is 48.6 Å². The molecule has 0 aliphatic carbocycles. The van der Waals surface area contributed by atoms with E-state index < -0.39 is 16.1 Å². The second-order valence-corrected chi connectivity index (χ2v) is 9.21. The van der Waals surface area contributed by atoms with Gasteiger partial charge in [0.2, 0.25) is 10.0 Å². The third kappa shape index (κ3) is 3.46. The molecule has 1 unspecified atom stereocenters. The smallest absolute Gasteiger partial charge is 0.243 e. The van der Waals surface area contributed by atoms with Crippen LogP contribution in [0.4, 0.5) is 0 Å². The van der Waals surface area contributed by atoms with Gasteiger partial charge in [-0.3, -0.25) is 0 Å². The molecule has 0 bridgehead atoms. The Balaban J connectivity index is 2.24. The summed E-state index contributed by atoms with van der Waals surface area (Å²) in [6.07, 6.45) is 0. The minimum Gasteiger partial charge on any atom is -0.391 e. The van der Waals surface area contributed by atoms with E-state index >= 15 is 0 Å². The minimum atomic E-state index is -3.65. The molecule has 5 nitrogen and oxygen atoms in total. The lowest BCUT2D eigenvalue weighted by molar-refractivity contribution is 0.285. The second-order valence-electron chi connectivity index (χ2n) is 4.18. The van der Waals surface area contributed by atoms with Crippen molar-refractivity contribution in [3.8, 4) is 0 Å². The van der Waals surface area contributed by atoms with Crippen molar-refractivity contribution in [3.05, 3.63) is 30.8 Å². The van der Waals surface area contributed by atoms with Gasteiger partial charge in [0.05, 0.1) is 16.4 Å². The SMILES string of the molecule is Cc1csc(C(C)NS(=O)(=O)c2cc(CO)sc2Br)n1. The normalized spacial score (nSPS) is 13.6. The Morgan fingerprint density at radius 1 is 1.55 bits per heavy atom. The van der Waals surface area contributed by atoms with Crippen LogP contribution in [-0.2, 0) is 16.6 Å². The van der Waals surface area contributed by atoms with Crippen LogP contribution in [0.2, 0.25) is 0 Å². The zero-order valence-electron chi connectivity index (χ0n) is 10.8. The number of aromatic nitrogens is 1. The molecule has 0 fully saturated rings. The van der Waals surface area contributed by atoms with Gasteiger partial charge in [-0.15, -0.1) is 22.7 Å². The lowest BCUT2D eigenvalue weighted by atomic mass is 10.4. The van der Waals surface area contributed by atoms with E-state index in [1.165, 1.54) is 28.7 Å². The maximum absolute atomic E-state index is 12.3. The summed E-state index contributed by atoms with van der Waals surface area (Å²) in [5.41, 5.74) is 0.871.